The minimum Gasteiger partial charge on any atom is -0.368 e. The number of pyridine rings is 1. The lowest BCUT2D eigenvalue weighted by Crippen LogP contribution is -2.56. The van der Waals surface area contributed by atoms with E-state index in [-0.39, 0.29) is 5.69 Å². The first-order chi connectivity index (χ1) is 8.58. The monoisotopic (exact) mass is 251 g/mol. The van der Waals surface area contributed by atoms with Crippen LogP contribution >= 0.6 is 0 Å². The number of anilines is 1. The van der Waals surface area contributed by atoms with Gasteiger partial charge in [-0.25, -0.2) is 4.98 Å². The molecular weight excluding hydrogens is 238 g/mol. The molecular formula is C10H13N5O3. The number of nitrogens with two attached hydrogens (primary N) is 1. The first kappa shape index (κ1) is 12.2. The molecule has 0 radical (unpaired) electrons. The van der Waals surface area contributed by atoms with Crippen LogP contribution in [-0.2, 0) is 4.79 Å². The molecule has 8 nitrogen and oxygen atoms in total. The van der Waals surface area contributed by atoms with Crippen LogP contribution in [0.15, 0.2) is 18.3 Å². The quantitative estimate of drug-likeness (QED) is 0.539. The fraction of sp³-hybridized carbons (Fsp3) is 0.400. The minimum atomic E-state index is -0.499. The van der Waals surface area contributed by atoms with E-state index < -0.39 is 16.9 Å². The van der Waals surface area contributed by atoms with E-state index in [2.05, 4.69) is 10.3 Å². The van der Waals surface area contributed by atoms with Gasteiger partial charge in [0, 0.05) is 25.7 Å². The van der Waals surface area contributed by atoms with Gasteiger partial charge in [-0.15, -0.1) is 0 Å². The Balaban J connectivity index is 2.11. The standard InChI is InChI=1S/C10H13N5O3/c11-10(16)8-6-14(4-3-12-8)9-2-1-7(5-13-9)15(17)18/h1-2,5,8,12H,3-4,6H2,(H2,11,16). The lowest BCUT2D eigenvalue weighted by atomic mass is 10.2. The molecule has 1 fully saturated rings. The summed E-state index contributed by atoms with van der Waals surface area (Å²) in [7, 11) is 0. The van der Waals surface area contributed by atoms with Gasteiger partial charge in [0.25, 0.3) is 5.69 Å². The summed E-state index contributed by atoms with van der Waals surface area (Å²) in [4.78, 5) is 27.0. The molecule has 96 valence electrons. The molecule has 1 aliphatic heterocycles. The zero-order chi connectivity index (χ0) is 13.1. The Labute approximate surface area is 103 Å². The summed E-state index contributed by atoms with van der Waals surface area (Å²) in [5, 5.41) is 13.5. The number of carbonyl (C=O) groups excluding carboxylic acids is 1. The third-order valence-electron chi connectivity index (χ3n) is 2.79. The van der Waals surface area contributed by atoms with Crippen molar-refractivity contribution < 1.29 is 9.72 Å². The van der Waals surface area contributed by atoms with Crippen LogP contribution in [0.2, 0.25) is 0 Å². The molecule has 1 aromatic heterocycles. The molecule has 0 aromatic carbocycles. The van der Waals surface area contributed by atoms with Gasteiger partial charge in [0.05, 0.1) is 4.92 Å². The zero-order valence-electron chi connectivity index (χ0n) is 9.57. The molecule has 1 atom stereocenters. The van der Waals surface area contributed by atoms with Crippen LogP contribution in [-0.4, -0.2) is 41.5 Å². The number of piperazine rings is 1. The average Bonchev–Trinajstić information content (AvgIpc) is 2.39. The maximum atomic E-state index is 11.1. The van der Waals surface area contributed by atoms with Crippen LogP contribution in [0.3, 0.4) is 0 Å². The zero-order valence-corrected chi connectivity index (χ0v) is 9.57. The topological polar surface area (TPSA) is 114 Å². The van der Waals surface area contributed by atoms with E-state index in [4.69, 9.17) is 5.73 Å². The Morgan fingerprint density at radius 2 is 2.39 bits per heavy atom. The highest BCUT2D eigenvalue weighted by Gasteiger charge is 2.24. The molecule has 1 amide bonds. The van der Waals surface area contributed by atoms with E-state index in [1.807, 2.05) is 4.90 Å². The summed E-state index contributed by atoms with van der Waals surface area (Å²) in [6, 6.07) is 2.54. The van der Waals surface area contributed by atoms with Gasteiger partial charge < -0.3 is 16.0 Å². The Hall–Kier alpha value is -2.22. The van der Waals surface area contributed by atoms with Crippen molar-refractivity contribution in [1.82, 2.24) is 10.3 Å². The Kier molecular flexibility index (Phi) is 3.38. The predicted octanol–water partition coefficient (Wildman–Crippen LogP) is -0.747. The third-order valence-corrected chi connectivity index (χ3v) is 2.79. The SMILES string of the molecule is NC(=O)C1CN(c2ccc([N+](=O)[O-])cn2)CCN1. The van der Waals surface area contributed by atoms with E-state index in [1.54, 1.807) is 6.07 Å². The van der Waals surface area contributed by atoms with Gasteiger partial charge in [-0.3, -0.25) is 14.9 Å². The number of primary amides is 1. The van der Waals surface area contributed by atoms with Crippen LogP contribution in [0.4, 0.5) is 11.5 Å². The van der Waals surface area contributed by atoms with Crippen LogP contribution in [0, 0.1) is 10.1 Å². The molecule has 2 heterocycles. The highest BCUT2D eigenvalue weighted by atomic mass is 16.6. The molecule has 1 saturated heterocycles. The van der Waals surface area contributed by atoms with Crippen LogP contribution in [0.1, 0.15) is 0 Å². The number of hydrogen-bond donors (Lipinski definition) is 2. The number of carbonyl (C=O) groups is 1. The summed E-state index contributed by atoms with van der Waals surface area (Å²) in [5.41, 5.74) is 5.18. The summed E-state index contributed by atoms with van der Waals surface area (Å²) in [5.74, 6) is 0.190. The van der Waals surface area contributed by atoms with E-state index in [0.29, 0.717) is 25.5 Å². The van der Waals surface area contributed by atoms with Crippen molar-refractivity contribution in [3.63, 3.8) is 0 Å². The minimum absolute atomic E-state index is 0.0552. The number of aromatic nitrogens is 1. The highest BCUT2D eigenvalue weighted by molar-refractivity contribution is 5.80. The number of amides is 1. The molecule has 3 N–H and O–H groups in total. The van der Waals surface area contributed by atoms with Crippen LogP contribution in [0.5, 0.6) is 0 Å². The number of nitrogens with one attached hydrogen (secondary N) is 1. The van der Waals surface area contributed by atoms with Gasteiger partial charge in [-0.1, -0.05) is 0 Å². The van der Waals surface area contributed by atoms with Crippen molar-refractivity contribution in [3.05, 3.63) is 28.4 Å². The van der Waals surface area contributed by atoms with Crippen molar-refractivity contribution in [3.8, 4) is 0 Å². The maximum Gasteiger partial charge on any atom is 0.287 e. The van der Waals surface area contributed by atoms with Gasteiger partial charge in [0.2, 0.25) is 5.91 Å². The maximum absolute atomic E-state index is 11.1. The lowest BCUT2D eigenvalue weighted by molar-refractivity contribution is -0.385. The normalized spacial score (nSPS) is 19.6. The Morgan fingerprint density at radius 1 is 1.61 bits per heavy atom. The average molecular weight is 251 g/mol. The number of nitrogens with zero attached hydrogens (tertiary/aromatic N) is 3. The molecule has 8 heteroatoms. The molecule has 1 aromatic rings. The van der Waals surface area contributed by atoms with Gasteiger partial charge in [-0.2, -0.15) is 0 Å². The van der Waals surface area contributed by atoms with Crippen molar-refractivity contribution in [2.75, 3.05) is 24.5 Å². The molecule has 1 unspecified atom stereocenters. The summed E-state index contributed by atoms with van der Waals surface area (Å²) in [6.07, 6.45) is 1.21. The molecule has 1 aliphatic rings. The number of hydrogen-bond acceptors (Lipinski definition) is 6. The molecule has 2 rings (SSSR count). The van der Waals surface area contributed by atoms with Crippen molar-refractivity contribution >= 4 is 17.4 Å². The molecule has 0 saturated carbocycles. The fourth-order valence-corrected chi connectivity index (χ4v) is 1.82. The first-order valence-electron chi connectivity index (χ1n) is 5.46. The summed E-state index contributed by atoms with van der Waals surface area (Å²) >= 11 is 0. The van der Waals surface area contributed by atoms with E-state index in [1.165, 1.54) is 12.3 Å². The lowest BCUT2D eigenvalue weighted by Gasteiger charge is -2.32. The second-order valence-electron chi connectivity index (χ2n) is 3.99. The van der Waals surface area contributed by atoms with Gasteiger partial charge in [0.1, 0.15) is 18.1 Å². The molecule has 18 heavy (non-hydrogen) atoms. The molecule has 0 bridgehead atoms. The number of nitro groups is 1. The second-order valence-corrected chi connectivity index (χ2v) is 3.99. The molecule has 0 aliphatic carbocycles. The molecule has 0 spiro atoms. The first-order valence-corrected chi connectivity index (χ1v) is 5.46. The van der Waals surface area contributed by atoms with E-state index in [9.17, 15) is 14.9 Å². The van der Waals surface area contributed by atoms with Crippen molar-refractivity contribution in [2.45, 2.75) is 6.04 Å². The van der Waals surface area contributed by atoms with Gasteiger partial charge in [-0.05, 0) is 6.07 Å². The van der Waals surface area contributed by atoms with Crippen molar-refractivity contribution in [1.29, 1.82) is 0 Å². The Bertz CT molecular complexity index is 461. The summed E-state index contributed by atoms with van der Waals surface area (Å²) < 4.78 is 0. The Morgan fingerprint density at radius 3 is 2.94 bits per heavy atom. The van der Waals surface area contributed by atoms with Crippen LogP contribution < -0.4 is 16.0 Å². The smallest absolute Gasteiger partial charge is 0.287 e. The van der Waals surface area contributed by atoms with Crippen molar-refractivity contribution in [2.24, 2.45) is 5.73 Å². The van der Waals surface area contributed by atoms with Crippen LogP contribution in [0.25, 0.3) is 0 Å². The van der Waals surface area contributed by atoms with E-state index in [0.717, 1.165) is 0 Å². The fourth-order valence-electron chi connectivity index (χ4n) is 1.82. The highest BCUT2D eigenvalue weighted by Crippen LogP contribution is 2.16. The van der Waals surface area contributed by atoms with Gasteiger partial charge in [0.15, 0.2) is 0 Å². The number of rotatable bonds is 3. The third kappa shape index (κ3) is 2.54. The van der Waals surface area contributed by atoms with Gasteiger partial charge >= 0.3 is 0 Å². The summed E-state index contributed by atoms with van der Waals surface area (Å²) in [6.45, 7) is 1.71. The van der Waals surface area contributed by atoms with E-state index >= 15 is 0 Å². The second kappa shape index (κ2) is 4.96. The largest absolute Gasteiger partial charge is 0.368 e. The predicted molar refractivity (Wildman–Crippen MR) is 64.1 cm³/mol.